The van der Waals surface area contributed by atoms with Gasteiger partial charge in [-0.05, 0) is 70.3 Å². The zero-order valence-electron chi connectivity index (χ0n) is 9.36. The Morgan fingerprint density at radius 1 is 1.38 bits per heavy atom. The molecule has 16 heavy (non-hydrogen) atoms. The van der Waals surface area contributed by atoms with Gasteiger partial charge in [0.15, 0.2) is 0 Å². The molecule has 0 radical (unpaired) electrons. The van der Waals surface area contributed by atoms with Gasteiger partial charge in [-0.1, -0.05) is 6.42 Å². The SMILES string of the molecule is NC(CC1CC2CCC1C2)c1cscc1Br. The summed E-state index contributed by atoms with van der Waals surface area (Å²) in [5, 5.41) is 4.33. The average molecular weight is 300 g/mol. The number of thiophene rings is 1. The fourth-order valence-electron chi connectivity index (χ4n) is 3.67. The Hall–Kier alpha value is 0.140. The quantitative estimate of drug-likeness (QED) is 0.883. The molecular weight excluding hydrogens is 282 g/mol. The van der Waals surface area contributed by atoms with Crippen LogP contribution in [0, 0.1) is 17.8 Å². The molecule has 0 saturated heterocycles. The highest BCUT2D eigenvalue weighted by molar-refractivity contribution is 9.10. The van der Waals surface area contributed by atoms with Crippen molar-refractivity contribution in [3.8, 4) is 0 Å². The Balaban J connectivity index is 1.65. The van der Waals surface area contributed by atoms with Crippen molar-refractivity contribution in [2.75, 3.05) is 0 Å². The normalized spacial score (nSPS) is 34.5. The maximum Gasteiger partial charge on any atom is 0.0330 e. The van der Waals surface area contributed by atoms with Gasteiger partial charge in [0.2, 0.25) is 0 Å². The van der Waals surface area contributed by atoms with Gasteiger partial charge in [-0.2, -0.15) is 11.3 Å². The number of fused-ring (bicyclic) bond motifs is 2. The van der Waals surface area contributed by atoms with Crippen molar-refractivity contribution in [2.45, 2.75) is 38.1 Å². The van der Waals surface area contributed by atoms with Gasteiger partial charge in [0.05, 0.1) is 0 Å². The van der Waals surface area contributed by atoms with Crippen LogP contribution in [0.5, 0.6) is 0 Å². The van der Waals surface area contributed by atoms with Crippen LogP contribution >= 0.6 is 27.3 Å². The first-order chi connectivity index (χ1) is 7.74. The molecule has 2 bridgehead atoms. The summed E-state index contributed by atoms with van der Waals surface area (Å²) in [6, 6.07) is 0.241. The fraction of sp³-hybridized carbons (Fsp3) is 0.692. The van der Waals surface area contributed by atoms with E-state index < -0.39 is 0 Å². The number of hydrogen-bond acceptors (Lipinski definition) is 2. The van der Waals surface area contributed by atoms with E-state index in [-0.39, 0.29) is 6.04 Å². The Kier molecular flexibility index (Phi) is 3.11. The van der Waals surface area contributed by atoms with Crippen LogP contribution in [-0.4, -0.2) is 0 Å². The molecule has 1 aromatic rings. The summed E-state index contributed by atoms with van der Waals surface area (Å²) in [7, 11) is 0. The van der Waals surface area contributed by atoms with Crippen molar-refractivity contribution in [2.24, 2.45) is 23.5 Å². The van der Waals surface area contributed by atoms with Crippen LogP contribution in [0.2, 0.25) is 0 Å². The molecule has 88 valence electrons. The lowest BCUT2D eigenvalue weighted by Crippen LogP contribution is -2.19. The summed E-state index contributed by atoms with van der Waals surface area (Å²) in [5.41, 5.74) is 7.64. The minimum absolute atomic E-state index is 0.241. The van der Waals surface area contributed by atoms with E-state index >= 15 is 0 Å². The third kappa shape index (κ3) is 1.98. The molecule has 0 amide bonds. The minimum atomic E-state index is 0.241. The first kappa shape index (κ1) is 11.2. The van der Waals surface area contributed by atoms with Gasteiger partial charge >= 0.3 is 0 Å². The Morgan fingerprint density at radius 2 is 2.25 bits per heavy atom. The summed E-state index contributed by atoms with van der Waals surface area (Å²) < 4.78 is 1.20. The number of nitrogens with two attached hydrogens (primary N) is 1. The van der Waals surface area contributed by atoms with Crippen molar-refractivity contribution >= 4 is 27.3 Å². The van der Waals surface area contributed by atoms with Gasteiger partial charge in [-0.25, -0.2) is 0 Å². The van der Waals surface area contributed by atoms with Crippen LogP contribution < -0.4 is 5.73 Å². The molecule has 2 aliphatic rings. The van der Waals surface area contributed by atoms with E-state index in [9.17, 15) is 0 Å². The molecule has 2 fully saturated rings. The Labute approximate surface area is 110 Å². The second-order valence-electron chi connectivity index (χ2n) is 5.45. The van der Waals surface area contributed by atoms with Crippen molar-refractivity contribution in [3.63, 3.8) is 0 Å². The number of halogens is 1. The molecule has 0 spiro atoms. The van der Waals surface area contributed by atoms with Crippen LogP contribution in [0.25, 0.3) is 0 Å². The molecule has 2 aliphatic carbocycles. The molecular formula is C13H18BrNS. The number of hydrogen-bond donors (Lipinski definition) is 1. The van der Waals surface area contributed by atoms with Crippen LogP contribution in [0.4, 0.5) is 0 Å². The average Bonchev–Trinajstić information content (AvgIpc) is 2.92. The van der Waals surface area contributed by atoms with Crippen molar-refractivity contribution in [3.05, 3.63) is 20.8 Å². The van der Waals surface area contributed by atoms with E-state index in [2.05, 4.69) is 26.7 Å². The smallest absolute Gasteiger partial charge is 0.0330 e. The van der Waals surface area contributed by atoms with Crippen LogP contribution in [0.3, 0.4) is 0 Å². The molecule has 4 unspecified atom stereocenters. The van der Waals surface area contributed by atoms with Gasteiger partial charge in [0.1, 0.15) is 0 Å². The van der Waals surface area contributed by atoms with E-state index in [1.54, 1.807) is 11.3 Å². The summed E-state index contributed by atoms with van der Waals surface area (Å²) >= 11 is 5.33. The van der Waals surface area contributed by atoms with Gasteiger partial charge in [0.25, 0.3) is 0 Å². The lowest BCUT2D eigenvalue weighted by atomic mass is 9.83. The molecule has 0 aliphatic heterocycles. The van der Waals surface area contributed by atoms with Gasteiger partial charge in [0, 0.05) is 15.9 Å². The zero-order valence-corrected chi connectivity index (χ0v) is 11.8. The molecule has 0 aromatic carbocycles. The molecule has 3 rings (SSSR count). The first-order valence-corrected chi connectivity index (χ1v) is 7.94. The summed E-state index contributed by atoms with van der Waals surface area (Å²) in [4.78, 5) is 0. The van der Waals surface area contributed by atoms with Gasteiger partial charge in [-0.15, -0.1) is 0 Å². The zero-order chi connectivity index (χ0) is 11.1. The summed E-state index contributed by atoms with van der Waals surface area (Å²) in [6.07, 6.45) is 7.07. The highest BCUT2D eigenvalue weighted by atomic mass is 79.9. The molecule has 1 nitrogen and oxygen atoms in total. The van der Waals surface area contributed by atoms with E-state index in [0.717, 1.165) is 17.8 Å². The topological polar surface area (TPSA) is 26.0 Å². The molecule has 3 heteroatoms. The van der Waals surface area contributed by atoms with E-state index in [1.165, 1.54) is 42.1 Å². The molecule has 2 N–H and O–H groups in total. The Morgan fingerprint density at radius 3 is 2.81 bits per heavy atom. The lowest BCUT2D eigenvalue weighted by molar-refractivity contribution is 0.296. The van der Waals surface area contributed by atoms with Crippen molar-refractivity contribution in [1.82, 2.24) is 0 Å². The highest BCUT2D eigenvalue weighted by Gasteiger charge is 2.39. The maximum absolute atomic E-state index is 6.33. The largest absolute Gasteiger partial charge is 0.324 e. The first-order valence-electron chi connectivity index (χ1n) is 6.21. The minimum Gasteiger partial charge on any atom is -0.324 e. The molecule has 4 atom stereocenters. The molecule has 1 aromatic heterocycles. The monoisotopic (exact) mass is 299 g/mol. The molecule has 1 heterocycles. The molecule has 2 saturated carbocycles. The third-order valence-corrected chi connectivity index (χ3v) is 6.23. The fourth-order valence-corrected chi connectivity index (χ4v) is 5.33. The van der Waals surface area contributed by atoms with Crippen LogP contribution in [0.15, 0.2) is 15.2 Å². The summed E-state index contributed by atoms with van der Waals surface area (Å²) in [5.74, 6) is 2.93. The predicted molar refractivity (Wildman–Crippen MR) is 72.5 cm³/mol. The third-order valence-electron chi connectivity index (χ3n) is 4.48. The maximum atomic E-state index is 6.33. The van der Waals surface area contributed by atoms with Crippen LogP contribution in [-0.2, 0) is 0 Å². The van der Waals surface area contributed by atoms with Crippen molar-refractivity contribution in [1.29, 1.82) is 0 Å². The lowest BCUT2D eigenvalue weighted by Gasteiger charge is -2.24. The highest BCUT2D eigenvalue weighted by Crippen LogP contribution is 2.51. The number of rotatable bonds is 3. The van der Waals surface area contributed by atoms with Crippen LogP contribution in [0.1, 0.15) is 43.7 Å². The van der Waals surface area contributed by atoms with E-state index in [0.29, 0.717) is 0 Å². The standard InChI is InChI=1S/C13H18BrNS/c14-12-7-16-6-11(12)13(15)5-10-4-8-1-2-9(10)3-8/h6-10,13H,1-5,15H2. The second kappa shape index (κ2) is 4.43. The van der Waals surface area contributed by atoms with Crippen molar-refractivity contribution < 1.29 is 0 Å². The van der Waals surface area contributed by atoms with E-state index in [4.69, 9.17) is 5.73 Å². The van der Waals surface area contributed by atoms with E-state index in [1.807, 2.05) is 0 Å². The summed E-state index contributed by atoms with van der Waals surface area (Å²) in [6.45, 7) is 0. The second-order valence-corrected chi connectivity index (χ2v) is 7.05. The van der Waals surface area contributed by atoms with Gasteiger partial charge in [-0.3, -0.25) is 0 Å². The Bertz CT molecular complexity index is 376. The predicted octanol–water partition coefficient (Wildman–Crippen LogP) is 4.34. The van der Waals surface area contributed by atoms with Gasteiger partial charge < -0.3 is 5.73 Å².